The Morgan fingerprint density at radius 1 is 0.897 bits per heavy atom. The fourth-order valence-corrected chi connectivity index (χ4v) is 4.10. The van der Waals surface area contributed by atoms with Crippen LogP contribution in [-0.2, 0) is 30.5 Å². The van der Waals surface area contributed by atoms with E-state index in [1.807, 2.05) is 58.0 Å². The van der Waals surface area contributed by atoms with Gasteiger partial charge >= 0.3 is 5.97 Å². The lowest BCUT2D eigenvalue weighted by atomic mass is 9.97. The highest BCUT2D eigenvalue weighted by molar-refractivity contribution is 5.94. The molecule has 3 amide bonds. The standard InChI is InChI=1S/C29H47FN4O5/c1-18(2)14-23(31-7)26(35)33-25(20(5)16-30)28(37)34(8)24(15-19(3)4)27(36)32-21(6)29(38)39-17-22-12-10-9-11-13-22/h9-13,18-21,23-25,31H,14-17H2,1-8H3,(H,32,36)(H,33,35)/t20?,21-,23-,24-,25-/m0/s1. The van der Waals surface area contributed by atoms with Crippen LogP contribution >= 0.6 is 0 Å². The Bertz CT molecular complexity index is 928. The number of esters is 1. The van der Waals surface area contributed by atoms with Crippen LogP contribution in [0.3, 0.4) is 0 Å². The topological polar surface area (TPSA) is 117 Å². The predicted octanol–water partition coefficient (Wildman–Crippen LogP) is 2.83. The van der Waals surface area contributed by atoms with Crippen LogP contribution in [0.4, 0.5) is 4.39 Å². The summed E-state index contributed by atoms with van der Waals surface area (Å²) >= 11 is 0. The Kier molecular flexibility index (Phi) is 14.7. The van der Waals surface area contributed by atoms with Crippen molar-refractivity contribution in [2.75, 3.05) is 20.8 Å². The van der Waals surface area contributed by atoms with E-state index in [0.717, 1.165) is 5.56 Å². The van der Waals surface area contributed by atoms with Gasteiger partial charge in [0.2, 0.25) is 17.7 Å². The molecule has 0 aliphatic rings. The molecule has 1 rings (SSSR count). The summed E-state index contributed by atoms with van der Waals surface area (Å²) in [5, 5.41) is 8.30. The molecule has 39 heavy (non-hydrogen) atoms. The molecule has 0 spiro atoms. The Morgan fingerprint density at radius 2 is 1.49 bits per heavy atom. The number of amides is 3. The van der Waals surface area contributed by atoms with E-state index in [9.17, 15) is 23.6 Å². The first-order chi connectivity index (χ1) is 18.3. The number of alkyl halides is 1. The number of likely N-dealkylation sites (N-methyl/N-ethyl adjacent to an activating group) is 2. The molecule has 0 saturated heterocycles. The molecular formula is C29H47FN4O5. The summed E-state index contributed by atoms with van der Waals surface area (Å²) < 4.78 is 19.1. The molecule has 0 aliphatic carbocycles. The SMILES string of the molecule is CN[C@@H](CC(C)C)C(=O)N[C@H](C(=O)N(C)[C@@H](CC(C)C)C(=O)N[C@@H](C)C(=O)OCc1ccccc1)C(C)CF. The number of hydrogen-bond donors (Lipinski definition) is 3. The molecular weight excluding hydrogens is 503 g/mol. The Hall–Kier alpha value is -3.01. The number of nitrogens with zero attached hydrogens (tertiary/aromatic N) is 1. The van der Waals surface area contributed by atoms with Crippen LogP contribution in [0.1, 0.15) is 59.9 Å². The lowest BCUT2D eigenvalue weighted by Gasteiger charge is -2.34. The third-order valence-corrected chi connectivity index (χ3v) is 6.50. The summed E-state index contributed by atoms with van der Waals surface area (Å²) in [6, 6.07) is 5.57. The van der Waals surface area contributed by atoms with Crippen LogP contribution in [0.15, 0.2) is 30.3 Å². The van der Waals surface area contributed by atoms with Crippen molar-refractivity contribution in [2.24, 2.45) is 17.8 Å². The zero-order valence-electron chi connectivity index (χ0n) is 24.6. The van der Waals surface area contributed by atoms with Crippen LogP contribution in [0.25, 0.3) is 0 Å². The average Bonchev–Trinajstić information content (AvgIpc) is 2.90. The third-order valence-electron chi connectivity index (χ3n) is 6.50. The molecule has 9 nitrogen and oxygen atoms in total. The van der Waals surface area contributed by atoms with Gasteiger partial charge in [-0.1, -0.05) is 65.0 Å². The maximum Gasteiger partial charge on any atom is 0.328 e. The summed E-state index contributed by atoms with van der Waals surface area (Å²) in [4.78, 5) is 53.6. The molecule has 1 unspecified atom stereocenters. The van der Waals surface area contributed by atoms with E-state index in [1.165, 1.54) is 25.8 Å². The van der Waals surface area contributed by atoms with Gasteiger partial charge < -0.3 is 25.6 Å². The monoisotopic (exact) mass is 550 g/mol. The van der Waals surface area contributed by atoms with Gasteiger partial charge in [0, 0.05) is 13.0 Å². The number of nitrogens with one attached hydrogen (secondary N) is 3. The Morgan fingerprint density at radius 3 is 2.00 bits per heavy atom. The van der Waals surface area contributed by atoms with Gasteiger partial charge in [-0.05, 0) is 44.2 Å². The first-order valence-electron chi connectivity index (χ1n) is 13.6. The predicted molar refractivity (Wildman–Crippen MR) is 149 cm³/mol. The molecule has 0 heterocycles. The highest BCUT2D eigenvalue weighted by atomic mass is 19.1. The van der Waals surface area contributed by atoms with Crippen molar-refractivity contribution >= 4 is 23.7 Å². The zero-order valence-corrected chi connectivity index (χ0v) is 24.6. The lowest BCUT2D eigenvalue weighted by molar-refractivity contribution is -0.150. The zero-order chi connectivity index (χ0) is 29.7. The van der Waals surface area contributed by atoms with E-state index in [0.29, 0.717) is 12.8 Å². The van der Waals surface area contributed by atoms with Crippen LogP contribution < -0.4 is 16.0 Å². The van der Waals surface area contributed by atoms with E-state index in [2.05, 4.69) is 16.0 Å². The molecule has 0 radical (unpaired) electrons. The molecule has 0 fully saturated rings. The van der Waals surface area contributed by atoms with Crippen molar-refractivity contribution in [2.45, 2.75) is 85.2 Å². The van der Waals surface area contributed by atoms with Crippen molar-refractivity contribution < 1.29 is 28.3 Å². The number of benzene rings is 1. The van der Waals surface area contributed by atoms with E-state index in [4.69, 9.17) is 4.74 Å². The first-order valence-corrected chi connectivity index (χ1v) is 13.6. The van der Waals surface area contributed by atoms with E-state index in [-0.39, 0.29) is 18.4 Å². The minimum atomic E-state index is -1.16. The summed E-state index contributed by atoms with van der Waals surface area (Å²) in [6.07, 6.45) is 0.844. The minimum Gasteiger partial charge on any atom is -0.459 e. The molecule has 5 atom stereocenters. The molecule has 0 aromatic heterocycles. The maximum atomic E-state index is 13.8. The Balaban J connectivity index is 3.01. The summed E-state index contributed by atoms with van der Waals surface area (Å²) in [6.45, 7) is 10.1. The Labute approximate surface area is 232 Å². The van der Waals surface area contributed by atoms with Gasteiger partial charge in [0.25, 0.3) is 0 Å². The second-order valence-corrected chi connectivity index (χ2v) is 11.0. The average molecular weight is 551 g/mol. The first kappa shape index (κ1) is 34.0. The molecule has 0 aliphatic heterocycles. The molecule has 1 aromatic carbocycles. The van der Waals surface area contributed by atoms with Crippen LogP contribution in [0.5, 0.6) is 0 Å². The quantitative estimate of drug-likeness (QED) is 0.273. The van der Waals surface area contributed by atoms with Gasteiger partial charge in [0.1, 0.15) is 24.7 Å². The molecule has 3 N–H and O–H groups in total. The summed E-state index contributed by atoms with van der Waals surface area (Å²) in [5.74, 6) is -2.67. The van der Waals surface area contributed by atoms with Crippen molar-refractivity contribution in [1.82, 2.24) is 20.9 Å². The normalized spacial score (nSPS) is 15.2. The van der Waals surface area contributed by atoms with Crippen molar-refractivity contribution in [3.63, 3.8) is 0 Å². The second-order valence-electron chi connectivity index (χ2n) is 11.0. The van der Waals surface area contributed by atoms with Crippen LogP contribution in [0, 0.1) is 17.8 Å². The molecule has 0 bridgehead atoms. The van der Waals surface area contributed by atoms with Gasteiger partial charge in [-0.3, -0.25) is 18.8 Å². The number of carbonyl (C=O) groups is 4. The van der Waals surface area contributed by atoms with E-state index >= 15 is 0 Å². The van der Waals surface area contributed by atoms with E-state index < -0.39 is 60.5 Å². The minimum absolute atomic E-state index is 0.0303. The number of ether oxygens (including phenoxy) is 1. The number of halogens is 1. The number of hydrogen-bond acceptors (Lipinski definition) is 6. The smallest absolute Gasteiger partial charge is 0.328 e. The largest absolute Gasteiger partial charge is 0.459 e. The molecule has 0 saturated carbocycles. The van der Waals surface area contributed by atoms with Crippen LogP contribution in [-0.4, -0.2) is 73.5 Å². The number of carbonyl (C=O) groups excluding carboxylic acids is 4. The van der Waals surface area contributed by atoms with Gasteiger partial charge in [0.05, 0.1) is 12.7 Å². The van der Waals surface area contributed by atoms with Crippen LogP contribution in [0.2, 0.25) is 0 Å². The van der Waals surface area contributed by atoms with Gasteiger partial charge in [-0.25, -0.2) is 4.79 Å². The van der Waals surface area contributed by atoms with E-state index in [1.54, 1.807) is 7.05 Å². The van der Waals surface area contributed by atoms with Gasteiger partial charge in [0.15, 0.2) is 0 Å². The third kappa shape index (κ3) is 11.3. The van der Waals surface area contributed by atoms with Crippen molar-refractivity contribution in [3.05, 3.63) is 35.9 Å². The maximum absolute atomic E-state index is 13.8. The number of rotatable bonds is 16. The summed E-state index contributed by atoms with van der Waals surface area (Å²) in [7, 11) is 3.12. The highest BCUT2D eigenvalue weighted by Gasteiger charge is 2.37. The van der Waals surface area contributed by atoms with Crippen molar-refractivity contribution in [1.29, 1.82) is 0 Å². The molecule has 1 aromatic rings. The van der Waals surface area contributed by atoms with Gasteiger partial charge in [-0.15, -0.1) is 0 Å². The lowest BCUT2D eigenvalue weighted by Crippen LogP contribution is -2.59. The second kappa shape index (κ2) is 16.8. The molecule has 220 valence electrons. The fourth-order valence-electron chi connectivity index (χ4n) is 4.10. The molecule has 10 heteroatoms. The fraction of sp³-hybridized carbons (Fsp3) is 0.655. The highest BCUT2D eigenvalue weighted by Crippen LogP contribution is 2.16. The van der Waals surface area contributed by atoms with Crippen molar-refractivity contribution in [3.8, 4) is 0 Å². The summed E-state index contributed by atoms with van der Waals surface area (Å²) in [5.41, 5.74) is 0.816. The van der Waals surface area contributed by atoms with Gasteiger partial charge in [-0.2, -0.15) is 0 Å².